The fourth-order valence-corrected chi connectivity index (χ4v) is 0.966. The lowest BCUT2D eigenvalue weighted by Gasteiger charge is -2.23. The molecule has 0 saturated carbocycles. The first-order valence-electron chi connectivity index (χ1n) is 5.30. The number of rotatable bonds is 7. The van der Waals surface area contributed by atoms with Gasteiger partial charge in [-0.3, -0.25) is 4.99 Å². The minimum atomic E-state index is -1.61. The van der Waals surface area contributed by atoms with E-state index in [1.165, 1.54) is 0 Å². The molecule has 0 aromatic heterocycles. The minimum absolute atomic E-state index is 0.0155. The summed E-state index contributed by atoms with van der Waals surface area (Å²) in [4.78, 5) is 3.94. The Bertz CT molecular complexity index is 211. The van der Waals surface area contributed by atoms with E-state index in [9.17, 15) is 15.3 Å². The van der Waals surface area contributed by atoms with Crippen molar-refractivity contribution < 1.29 is 25.5 Å². The number of aliphatic hydroxyl groups is 5. The van der Waals surface area contributed by atoms with E-state index >= 15 is 0 Å². The predicted molar refractivity (Wildman–Crippen MR) is 59.4 cm³/mol. The molecule has 0 radical (unpaired) electrons. The summed E-state index contributed by atoms with van der Waals surface area (Å²) in [6.45, 7) is 3.08. The van der Waals surface area contributed by atoms with Crippen LogP contribution < -0.4 is 0 Å². The number of hydrogen-bond acceptors (Lipinski definition) is 6. The monoisotopic (exact) mass is 235 g/mol. The van der Waals surface area contributed by atoms with Crippen molar-refractivity contribution in [1.82, 2.24) is 0 Å². The predicted octanol–water partition coefficient (Wildman–Crippen LogP) is -1.71. The zero-order valence-corrected chi connectivity index (χ0v) is 9.56. The zero-order valence-electron chi connectivity index (χ0n) is 9.56. The molecule has 0 rings (SSSR count). The topological polar surface area (TPSA) is 114 Å². The van der Waals surface area contributed by atoms with Gasteiger partial charge in [-0.1, -0.05) is 6.92 Å². The van der Waals surface area contributed by atoms with Crippen LogP contribution in [0.2, 0.25) is 0 Å². The van der Waals surface area contributed by atoms with Crippen molar-refractivity contribution in [2.45, 2.75) is 50.7 Å². The van der Waals surface area contributed by atoms with Crippen LogP contribution in [0.5, 0.6) is 0 Å². The first-order valence-corrected chi connectivity index (χ1v) is 5.30. The van der Waals surface area contributed by atoms with Crippen LogP contribution in [0.15, 0.2) is 4.99 Å². The van der Waals surface area contributed by atoms with Crippen LogP contribution in [0.25, 0.3) is 0 Å². The van der Waals surface area contributed by atoms with Crippen LogP contribution in [0, 0.1) is 0 Å². The summed E-state index contributed by atoms with van der Waals surface area (Å²) in [6, 6.07) is 0.0155. The first-order chi connectivity index (χ1) is 7.43. The van der Waals surface area contributed by atoms with Gasteiger partial charge in [0.25, 0.3) is 0 Å². The number of aliphatic hydroxyl groups excluding tert-OH is 5. The Morgan fingerprint density at radius 2 is 1.69 bits per heavy atom. The van der Waals surface area contributed by atoms with Crippen LogP contribution in [0.1, 0.15) is 20.3 Å². The molecule has 6 nitrogen and oxygen atoms in total. The molecule has 16 heavy (non-hydrogen) atoms. The molecular formula is C10H21NO5. The van der Waals surface area contributed by atoms with Gasteiger partial charge in [0.05, 0.1) is 6.61 Å². The third-order valence-corrected chi connectivity index (χ3v) is 2.37. The second kappa shape index (κ2) is 7.70. The highest BCUT2D eigenvalue weighted by molar-refractivity contribution is 5.63. The Kier molecular flexibility index (Phi) is 7.44. The van der Waals surface area contributed by atoms with Gasteiger partial charge in [0.15, 0.2) is 0 Å². The van der Waals surface area contributed by atoms with Crippen LogP contribution in [0.3, 0.4) is 0 Å². The summed E-state index contributed by atoms with van der Waals surface area (Å²) < 4.78 is 0. The molecule has 5 atom stereocenters. The lowest BCUT2D eigenvalue weighted by molar-refractivity contribution is -0.0999. The summed E-state index contributed by atoms with van der Waals surface area (Å²) in [7, 11) is 0. The van der Waals surface area contributed by atoms with Crippen molar-refractivity contribution >= 4 is 6.21 Å². The van der Waals surface area contributed by atoms with E-state index in [0.717, 1.165) is 12.6 Å². The summed E-state index contributed by atoms with van der Waals surface area (Å²) >= 11 is 0. The molecule has 0 fully saturated rings. The summed E-state index contributed by atoms with van der Waals surface area (Å²) in [5.41, 5.74) is 0. The van der Waals surface area contributed by atoms with Gasteiger partial charge in [-0.2, -0.15) is 0 Å². The smallest absolute Gasteiger partial charge is 0.117 e. The normalized spacial score (nSPS) is 21.7. The summed E-state index contributed by atoms with van der Waals surface area (Å²) in [6.07, 6.45) is -4.11. The quantitative estimate of drug-likeness (QED) is 0.337. The molecule has 6 heteroatoms. The molecule has 0 spiro atoms. The van der Waals surface area contributed by atoms with Crippen LogP contribution in [0.4, 0.5) is 0 Å². The van der Waals surface area contributed by atoms with Crippen molar-refractivity contribution in [3.05, 3.63) is 0 Å². The Labute approximate surface area is 94.9 Å². The maximum Gasteiger partial charge on any atom is 0.117 e. The molecule has 1 unspecified atom stereocenters. The molecule has 0 heterocycles. The van der Waals surface area contributed by atoms with Crippen molar-refractivity contribution in [2.75, 3.05) is 6.61 Å². The van der Waals surface area contributed by atoms with Crippen LogP contribution >= 0.6 is 0 Å². The van der Waals surface area contributed by atoms with E-state index in [2.05, 4.69) is 4.99 Å². The second-order valence-corrected chi connectivity index (χ2v) is 3.78. The molecule has 0 aliphatic rings. The van der Waals surface area contributed by atoms with E-state index in [0.29, 0.717) is 0 Å². The standard InChI is InChI=1S/C10H21NO5/c1-3-6(2)11-4-7(13)9(15)10(16)8(14)5-12/h4,6-10,12-16H,3,5H2,1-2H3/b11-4-/t6?,7-,8-,9-,10-/m1/s1. The number of aliphatic imine (C=N–C) groups is 1. The summed E-state index contributed by atoms with van der Waals surface area (Å²) in [5, 5.41) is 45.7. The third kappa shape index (κ3) is 5.00. The minimum Gasteiger partial charge on any atom is -0.394 e. The fraction of sp³-hybridized carbons (Fsp3) is 0.900. The van der Waals surface area contributed by atoms with Gasteiger partial charge in [0.2, 0.25) is 0 Å². The van der Waals surface area contributed by atoms with Crippen molar-refractivity contribution in [2.24, 2.45) is 4.99 Å². The van der Waals surface area contributed by atoms with Crippen molar-refractivity contribution in [3.8, 4) is 0 Å². The zero-order chi connectivity index (χ0) is 12.7. The average molecular weight is 235 g/mol. The molecule has 0 saturated heterocycles. The molecule has 0 aliphatic heterocycles. The van der Waals surface area contributed by atoms with Gasteiger partial charge in [-0.05, 0) is 13.3 Å². The van der Waals surface area contributed by atoms with Crippen molar-refractivity contribution in [3.63, 3.8) is 0 Å². The van der Waals surface area contributed by atoms with E-state index in [1.54, 1.807) is 0 Å². The Morgan fingerprint density at radius 1 is 1.12 bits per heavy atom. The maximum absolute atomic E-state index is 9.42. The highest BCUT2D eigenvalue weighted by atomic mass is 16.4. The lowest BCUT2D eigenvalue weighted by Crippen LogP contribution is -2.46. The van der Waals surface area contributed by atoms with E-state index < -0.39 is 31.0 Å². The lowest BCUT2D eigenvalue weighted by atomic mass is 10.0. The molecule has 0 aromatic rings. The van der Waals surface area contributed by atoms with Crippen LogP contribution in [-0.2, 0) is 0 Å². The highest BCUT2D eigenvalue weighted by Gasteiger charge is 2.28. The van der Waals surface area contributed by atoms with E-state index in [4.69, 9.17) is 10.2 Å². The largest absolute Gasteiger partial charge is 0.394 e. The number of nitrogens with zero attached hydrogens (tertiary/aromatic N) is 1. The van der Waals surface area contributed by atoms with Gasteiger partial charge in [-0.15, -0.1) is 0 Å². The van der Waals surface area contributed by atoms with E-state index in [1.807, 2.05) is 13.8 Å². The fourth-order valence-electron chi connectivity index (χ4n) is 0.966. The first kappa shape index (κ1) is 15.5. The number of hydrogen-bond donors (Lipinski definition) is 5. The van der Waals surface area contributed by atoms with E-state index in [-0.39, 0.29) is 6.04 Å². The molecule has 5 N–H and O–H groups in total. The molecule has 0 aliphatic carbocycles. The molecule has 0 amide bonds. The summed E-state index contributed by atoms with van der Waals surface area (Å²) in [5.74, 6) is 0. The second-order valence-electron chi connectivity index (χ2n) is 3.78. The molecule has 0 bridgehead atoms. The van der Waals surface area contributed by atoms with Gasteiger partial charge < -0.3 is 25.5 Å². The maximum atomic E-state index is 9.42. The Morgan fingerprint density at radius 3 is 2.12 bits per heavy atom. The molecule has 0 aromatic carbocycles. The van der Waals surface area contributed by atoms with Gasteiger partial charge in [-0.25, -0.2) is 0 Å². The van der Waals surface area contributed by atoms with Gasteiger partial charge in [0, 0.05) is 12.3 Å². The average Bonchev–Trinajstić information content (AvgIpc) is 2.32. The Balaban J connectivity index is 4.26. The highest BCUT2D eigenvalue weighted by Crippen LogP contribution is 2.04. The van der Waals surface area contributed by atoms with Crippen LogP contribution in [-0.4, -0.2) is 68.8 Å². The van der Waals surface area contributed by atoms with Gasteiger partial charge in [0.1, 0.15) is 24.4 Å². The molecular weight excluding hydrogens is 214 g/mol. The van der Waals surface area contributed by atoms with Crippen molar-refractivity contribution in [1.29, 1.82) is 0 Å². The Hall–Kier alpha value is -0.530. The SMILES string of the molecule is CCC(C)/N=C\[C@@H](O)[C@@H](O)[C@H](O)[C@H](O)CO. The van der Waals surface area contributed by atoms with Gasteiger partial charge >= 0.3 is 0 Å². The molecule has 96 valence electrons. The third-order valence-electron chi connectivity index (χ3n) is 2.37.